The van der Waals surface area contributed by atoms with Crippen molar-refractivity contribution in [3.8, 4) is 0 Å². The summed E-state index contributed by atoms with van der Waals surface area (Å²) in [4.78, 5) is 35.1. The Morgan fingerprint density at radius 3 is 2.11 bits per heavy atom. The summed E-state index contributed by atoms with van der Waals surface area (Å²) in [6.45, 7) is 1.80. The Kier molecular flexibility index (Phi) is 3.46. The van der Waals surface area contributed by atoms with Crippen LogP contribution in [-0.4, -0.2) is 22.9 Å². The molecule has 1 aliphatic rings. The number of hydrogen-bond donors (Lipinski definition) is 1. The normalized spacial score (nSPS) is 15.9. The molecule has 1 aliphatic heterocycles. The smallest absolute Gasteiger partial charge is 0.310 e. The van der Waals surface area contributed by atoms with Gasteiger partial charge in [0.05, 0.1) is 11.6 Å². The lowest BCUT2D eigenvalue weighted by molar-refractivity contribution is -0.138. The first-order valence-corrected chi connectivity index (χ1v) is 5.93. The first-order valence-electron chi connectivity index (χ1n) is 5.93. The van der Waals surface area contributed by atoms with E-state index in [9.17, 15) is 14.4 Å². The Balaban J connectivity index is 2.26. The minimum absolute atomic E-state index is 0.386. The van der Waals surface area contributed by atoms with Gasteiger partial charge in [0.25, 0.3) is 11.8 Å². The summed E-state index contributed by atoms with van der Waals surface area (Å²) >= 11 is 0. The van der Waals surface area contributed by atoms with E-state index in [-0.39, 0.29) is 11.8 Å². The molecule has 19 heavy (non-hydrogen) atoms. The van der Waals surface area contributed by atoms with E-state index in [4.69, 9.17) is 5.11 Å². The van der Waals surface area contributed by atoms with Crippen molar-refractivity contribution < 1.29 is 19.5 Å². The van der Waals surface area contributed by atoms with Crippen molar-refractivity contribution in [2.75, 3.05) is 4.90 Å². The van der Waals surface area contributed by atoms with Crippen LogP contribution in [0.25, 0.3) is 0 Å². The van der Waals surface area contributed by atoms with Gasteiger partial charge < -0.3 is 5.11 Å². The van der Waals surface area contributed by atoms with E-state index in [2.05, 4.69) is 0 Å². The number of rotatable bonds is 4. The van der Waals surface area contributed by atoms with Crippen LogP contribution in [0.2, 0.25) is 0 Å². The van der Waals surface area contributed by atoms with E-state index >= 15 is 0 Å². The molecule has 0 saturated heterocycles. The summed E-state index contributed by atoms with van der Waals surface area (Å²) in [5.41, 5.74) is 1.11. The molecule has 2 rings (SSSR count). The molecule has 1 heterocycles. The molecule has 0 radical (unpaired) electrons. The van der Waals surface area contributed by atoms with E-state index in [0.717, 1.165) is 4.90 Å². The van der Waals surface area contributed by atoms with Crippen LogP contribution in [0, 0.1) is 0 Å². The van der Waals surface area contributed by atoms with E-state index in [1.165, 1.54) is 12.2 Å². The zero-order valence-corrected chi connectivity index (χ0v) is 10.4. The molecule has 0 bridgehead atoms. The first kappa shape index (κ1) is 13.0. The van der Waals surface area contributed by atoms with Gasteiger partial charge in [-0.2, -0.15) is 0 Å². The molecule has 0 aliphatic carbocycles. The van der Waals surface area contributed by atoms with Crippen molar-refractivity contribution in [2.45, 2.75) is 19.3 Å². The second-order valence-electron chi connectivity index (χ2n) is 4.24. The zero-order chi connectivity index (χ0) is 14.0. The SMILES string of the molecule is CC[C@@H](C(=O)O)c1ccc(N2C(=O)C=CC2=O)cc1. The van der Waals surface area contributed by atoms with E-state index < -0.39 is 11.9 Å². The number of amides is 2. The molecule has 0 unspecified atom stereocenters. The largest absolute Gasteiger partial charge is 0.481 e. The number of carbonyl (C=O) groups excluding carboxylic acids is 2. The van der Waals surface area contributed by atoms with Crippen molar-refractivity contribution in [1.29, 1.82) is 0 Å². The molecule has 0 aromatic heterocycles. The van der Waals surface area contributed by atoms with Gasteiger partial charge in [-0.3, -0.25) is 14.4 Å². The third-order valence-electron chi connectivity index (χ3n) is 3.07. The highest BCUT2D eigenvalue weighted by Crippen LogP contribution is 2.24. The summed E-state index contributed by atoms with van der Waals surface area (Å²) in [5.74, 6) is -2.23. The molecule has 1 N–H and O–H groups in total. The Morgan fingerprint density at radius 1 is 1.16 bits per heavy atom. The summed E-state index contributed by atoms with van der Waals surface area (Å²) in [5, 5.41) is 9.06. The van der Waals surface area contributed by atoms with Crippen LogP contribution in [0.1, 0.15) is 24.8 Å². The van der Waals surface area contributed by atoms with Crippen LogP contribution in [0.3, 0.4) is 0 Å². The quantitative estimate of drug-likeness (QED) is 0.835. The van der Waals surface area contributed by atoms with E-state index in [1.807, 2.05) is 0 Å². The maximum atomic E-state index is 11.5. The highest BCUT2D eigenvalue weighted by molar-refractivity contribution is 6.28. The number of carboxylic acid groups (broad SMARTS) is 1. The lowest BCUT2D eigenvalue weighted by Crippen LogP contribution is -2.29. The van der Waals surface area contributed by atoms with Crippen molar-refractivity contribution in [3.05, 3.63) is 42.0 Å². The van der Waals surface area contributed by atoms with Gasteiger partial charge in [0.2, 0.25) is 0 Å². The number of anilines is 1. The molecule has 5 nitrogen and oxygen atoms in total. The summed E-state index contributed by atoms with van der Waals surface area (Å²) in [7, 11) is 0. The number of aliphatic carboxylic acids is 1. The van der Waals surface area contributed by atoms with Gasteiger partial charge in [-0.05, 0) is 24.1 Å². The van der Waals surface area contributed by atoms with Crippen LogP contribution in [-0.2, 0) is 14.4 Å². The number of imide groups is 1. The molecule has 1 aromatic rings. The van der Waals surface area contributed by atoms with Crippen molar-refractivity contribution in [3.63, 3.8) is 0 Å². The fourth-order valence-corrected chi connectivity index (χ4v) is 2.06. The van der Waals surface area contributed by atoms with Gasteiger partial charge in [-0.15, -0.1) is 0 Å². The topological polar surface area (TPSA) is 74.7 Å². The number of nitrogens with zero attached hydrogens (tertiary/aromatic N) is 1. The van der Waals surface area contributed by atoms with Crippen LogP contribution in [0.5, 0.6) is 0 Å². The third kappa shape index (κ3) is 2.40. The second kappa shape index (κ2) is 5.06. The van der Waals surface area contributed by atoms with Gasteiger partial charge in [-0.25, -0.2) is 4.90 Å². The number of benzene rings is 1. The maximum absolute atomic E-state index is 11.5. The Morgan fingerprint density at radius 2 is 1.68 bits per heavy atom. The number of carbonyl (C=O) groups is 3. The lowest BCUT2D eigenvalue weighted by Gasteiger charge is -2.15. The summed E-state index contributed by atoms with van der Waals surface area (Å²) < 4.78 is 0. The fraction of sp³-hybridized carbons (Fsp3) is 0.214. The predicted molar refractivity (Wildman–Crippen MR) is 68.7 cm³/mol. The molecule has 1 aromatic carbocycles. The second-order valence-corrected chi connectivity index (χ2v) is 4.24. The van der Waals surface area contributed by atoms with Crippen LogP contribution in [0.15, 0.2) is 36.4 Å². The highest BCUT2D eigenvalue weighted by Gasteiger charge is 2.25. The molecule has 0 fully saturated rings. The van der Waals surface area contributed by atoms with Crippen molar-refractivity contribution >= 4 is 23.5 Å². The van der Waals surface area contributed by atoms with Crippen LogP contribution >= 0.6 is 0 Å². The standard InChI is InChI=1S/C14H13NO4/c1-2-11(14(18)19)9-3-5-10(6-4-9)15-12(16)7-8-13(15)17/h3-8,11H,2H2,1H3,(H,18,19)/t11-/m1/s1. The summed E-state index contributed by atoms with van der Waals surface area (Å²) in [6, 6.07) is 6.44. The fourth-order valence-electron chi connectivity index (χ4n) is 2.06. The van der Waals surface area contributed by atoms with Gasteiger partial charge in [0, 0.05) is 12.2 Å². The zero-order valence-electron chi connectivity index (χ0n) is 10.4. The molecule has 5 heteroatoms. The Bertz CT molecular complexity index is 541. The number of carboxylic acids is 1. The average molecular weight is 259 g/mol. The van der Waals surface area contributed by atoms with Gasteiger partial charge in [0.1, 0.15) is 0 Å². The van der Waals surface area contributed by atoms with Gasteiger partial charge in [0.15, 0.2) is 0 Å². The highest BCUT2D eigenvalue weighted by atomic mass is 16.4. The average Bonchev–Trinajstić information content (AvgIpc) is 2.71. The molecule has 98 valence electrons. The van der Waals surface area contributed by atoms with Crippen LogP contribution in [0.4, 0.5) is 5.69 Å². The maximum Gasteiger partial charge on any atom is 0.310 e. The molecule has 1 atom stereocenters. The molecule has 2 amide bonds. The molecular weight excluding hydrogens is 246 g/mol. The summed E-state index contributed by atoms with van der Waals surface area (Å²) in [6.07, 6.45) is 2.91. The first-order chi connectivity index (χ1) is 9.04. The predicted octanol–water partition coefficient (Wildman–Crippen LogP) is 1.69. The van der Waals surface area contributed by atoms with Crippen molar-refractivity contribution in [1.82, 2.24) is 0 Å². The van der Waals surface area contributed by atoms with Crippen LogP contribution < -0.4 is 4.90 Å². The molecule has 0 saturated carbocycles. The minimum atomic E-state index is -0.884. The van der Waals surface area contributed by atoms with Gasteiger partial charge in [-0.1, -0.05) is 19.1 Å². The van der Waals surface area contributed by atoms with Crippen molar-refractivity contribution in [2.24, 2.45) is 0 Å². The Hall–Kier alpha value is -2.43. The molecular formula is C14H13NO4. The van der Waals surface area contributed by atoms with Gasteiger partial charge >= 0.3 is 5.97 Å². The molecule has 0 spiro atoms. The lowest BCUT2D eigenvalue weighted by atomic mass is 9.96. The third-order valence-corrected chi connectivity index (χ3v) is 3.07. The van der Waals surface area contributed by atoms with E-state index in [0.29, 0.717) is 17.7 Å². The minimum Gasteiger partial charge on any atom is -0.481 e. The van der Waals surface area contributed by atoms with E-state index in [1.54, 1.807) is 31.2 Å². The number of hydrogen-bond acceptors (Lipinski definition) is 3. The Labute approximate surface area is 110 Å². The monoisotopic (exact) mass is 259 g/mol.